The summed E-state index contributed by atoms with van der Waals surface area (Å²) in [5.41, 5.74) is -0.879. The van der Waals surface area contributed by atoms with Crippen LogP contribution in [0.3, 0.4) is 0 Å². The van der Waals surface area contributed by atoms with Crippen LogP contribution in [0.1, 0.15) is 133 Å². The van der Waals surface area contributed by atoms with Gasteiger partial charge in [-0.2, -0.15) is 9.37 Å². The molecule has 21 nitrogen and oxygen atoms in total. The van der Waals surface area contributed by atoms with Crippen LogP contribution in [-0.4, -0.2) is 92.7 Å². The van der Waals surface area contributed by atoms with Gasteiger partial charge in [-0.15, -0.1) is 0 Å². The molecule has 0 spiro atoms. The largest absolute Gasteiger partial charge is 0.507 e. The van der Waals surface area contributed by atoms with E-state index in [-0.39, 0.29) is 97.9 Å². The summed E-state index contributed by atoms with van der Waals surface area (Å²) in [6.07, 6.45) is 15.6. The Kier molecular flexibility index (Phi) is 15.5. The quantitative estimate of drug-likeness (QED) is 0.0534. The number of imidazole rings is 3. The molecule has 6 heterocycles. The van der Waals surface area contributed by atoms with E-state index in [2.05, 4.69) is 44.9 Å². The topological polar surface area (TPSA) is 270 Å². The lowest BCUT2D eigenvalue weighted by Gasteiger charge is -2.14. The molecule has 77 heavy (non-hydrogen) atoms. The average molecular weight is 1060 g/mol. The molecule has 0 aliphatic rings. The van der Waals surface area contributed by atoms with Crippen molar-refractivity contribution in [2.45, 2.75) is 79.0 Å². The summed E-state index contributed by atoms with van der Waals surface area (Å²) in [6.45, 7) is 4.07. The van der Waals surface area contributed by atoms with Crippen LogP contribution in [0.4, 0.5) is 8.78 Å². The molecule has 0 fully saturated rings. The van der Waals surface area contributed by atoms with Crippen LogP contribution in [0.25, 0.3) is 17.5 Å². The fraction of sp³-hybridized carbons (Fsp3) is 0.222. The molecule has 3 aromatic carbocycles. The lowest BCUT2D eigenvalue weighted by Crippen LogP contribution is -2.11. The molecule has 396 valence electrons. The summed E-state index contributed by atoms with van der Waals surface area (Å²) < 4.78 is 98.5. The van der Waals surface area contributed by atoms with E-state index in [0.717, 1.165) is 18.3 Å². The number of phenols is 3. The maximum absolute atomic E-state index is 13.8. The van der Waals surface area contributed by atoms with E-state index in [9.17, 15) is 38.5 Å². The van der Waals surface area contributed by atoms with Crippen molar-refractivity contribution < 1.29 is 60.9 Å². The Morgan fingerprint density at radius 1 is 0.532 bits per heavy atom. The predicted molar refractivity (Wildman–Crippen MR) is 273 cm³/mol. The van der Waals surface area contributed by atoms with Gasteiger partial charge in [0.2, 0.25) is 0 Å². The van der Waals surface area contributed by atoms with E-state index >= 15 is 0 Å². The first-order chi connectivity index (χ1) is 39.3. The summed E-state index contributed by atoms with van der Waals surface area (Å²) in [5, 5.41) is 29.3. The predicted octanol–water partition coefficient (Wildman–Crippen LogP) is 8.93. The van der Waals surface area contributed by atoms with Crippen molar-refractivity contribution in [3.05, 3.63) is 180 Å². The van der Waals surface area contributed by atoms with Crippen LogP contribution in [-0.2, 0) is 19.7 Å². The molecule has 0 aliphatic heterocycles. The van der Waals surface area contributed by atoms with Gasteiger partial charge in [-0.25, -0.2) is 44.3 Å². The Morgan fingerprint density at radius 3 is 1.36 bits per heavy atom. The van der Waals surface area contributed by atoms with Gasteiger partial charge < -0.3 is 29.5 Å². The molecular weight excluding hydrogens is 999 g/mol. The molecular formula is C54H52F2N12O9. The van der Waals surface area contributed by atoms with E-state index in [1.54, 1.807) is 33.9 Å². The first kappa shape index (κ1) is 46.9. The lowest BCUT2D eigenvalue weighted by atomic mass is 10.2. The average Bonchev–Trinajstić information content (AvgIpc) is 4.40. The number of aldehydes is 3. The highest BCUT2D eigenvalue weighted by molar-refractivity contribution is 5.84. The highest BCUT2D eigenvalue weighted by Crippen LogP contribution is 2.31. The van der Waals surface area contributed by atoms with Gasteiger partial charge in [-0.05, 0) is 24.3 Å². The third-order valence-electron chi connectivity index (χ3n) is 10.7. The molecule has 3 N–H and O–H groups in total. The van der Waals surface area contributed by atoms with Crippen LogP contribution in [0.2, 0.25) is 0 Å². The number of nitrogens with zero attached hydrogens (tertiary/aromatic N) is 12. The number of rotatable bonds is 18. The minimum absolute atomic E-state index is 0.0337. The first-order valence-electron chi connectivity index (χ1n) is 26.2. The van der Waals surface area contributed by atoms with Crippen LogP contribution in [0, 0.1) is 11.9 Å². The summed E-state index contributed by atoms with van der Waals surface area (Å²) in [5.74, 6) is -0.511. The zero-order valence-corrected chi connectivity index (χ0v) is 41.8. The Labute approximate surface area is 448 Å². The molecule has 0 bridgehead atoms. The smallest absolute Gasteiger partial charge is 0.310 e. The molecule has 0 saturated heterocycles. The number of aromatic nitrogens is 12. The van der Waals surface area contributed by atoms with E-state index < -0.39 is 43.1 Å². The van der Waals surface area contributed by atoms with Crippen molar-refractivity contribution in [1.29, 1.82) is 0 Å². The third-order valence-corrected chi connectivity index (χ3v) is 10.7. The van der Waals surface area contributed by atoms with Crippen LogP contribution in [0.15, 0.2) is 117 Å². The number of carbonyl (C=O) groups is 3. The zero-order chi connectivity index (χ0) is 60.6. The lowest BCUT2D eigenvalue weighted by molar-refractivity contribution is 0.110. The first-order valence-corrected chi connectivity index (χ1v) is 23.2. The van der Waals surface area contributed by atoms with Gasteiger partial charge in [0, 0.05) is 85.7 Å². The van der Waals surface area contributed by atoms with Gasteiger partial charge in [0.15, 0.2) is 24.7 Å². The number of ether oxygens (including phenoxy) is 3. The number of phenolic OH excluding ortho intramolecular Hbond substituents is 3. The minimum Gasteiger partial charge on any atom is -0.507 e. The molecule has 9 aromatic rings. The van der Waals surface area contributed by atoms with E-state index in [1.165, 1.54) is 78.4 Å². The maximum Gasteiger partial charge on any atom is 0.310 e. The van der Waals surface area contributed by atoms with Crippen molar-refractivity contribution in [2.24, 2.45) is 0 Å². The van der Waals surface area contributed by atoms with E-state index in [0.29, 0.717) is 30.0 Å². The highest BCUT2D eigenvalue weighted by atomic mass is 19.1. The molecule has 0 atom stereocenters. The zero-order valence-electron chi connectivity index (χ0n) is 47.8. The van der Waals surface area contributed by atoms with Crippen molar-refractivity contribution in [3.8, 4) is 52.0 Å². The second-order valence-electron chi connectivity index (χ2n) is 17.0. The van der Waals surface area contributed by atoms with Crippen molar-refractivity contribution in [3.63, 3.8) is 0 Å². The van der Waals surface area contributed by atoms with Gasteiger partial charge in [0.05, 0.1) is 41.6 Å². The van der Waals surface area contributed by atoms with Gasteiger partial charge in [-0.3, -0.25) is 28.1 Å². The molecule has 0 unspecified atom stereocenters. The second-order valence-corrected chi connectivity index (χ2v) is 17.0. The maximum atomic E-state index is 13.8. The van der Waals surface area contributed by atoms with Crippen molar-refractivity contribution in [1.82, 2.24) is 58.6 Å². The van der Waals surface area contributed by atoms with Crippen LogP contribution < -0.4 is 14.2 Å². The Morgan fingerprint density at radius 2 is 0.935 bits per heavy atom. The third kappa shape index (κ3) is 13.1. The fourth-order valence-electron chi connectivity index (χ4n) is 7.14. The summed E-state index contributed by atoms with van der Waals surface area (Å²) >= 11 is 0. The Hall–Kier alpha value is -9.80. The van der Waals surface area contributed by atoms with Gasteiger partial charge >= 0.3 is 6.08 Å². The van der Waals surface area contributed by atoms with E-state index in [4.69, 9.17) is 22.4 Å². The highest BCUT2D eigenvalue weighted by Gasteiger charge is 2.20. The number of benzene rings is 3. The van der Waals surface area contributed by atoms with E-state index in [1.807, 2.05) is 41.5 Å². The molecule has 6 aromatic heterocycles. The summed E-state index contributed by atoms with van der Waals surface area (Å²) in [7, 11) is 0. The second kappa shape index (κ2) is 25.4. The number of carbonyl (C=O) groups excluding carboxylic acids is 3. The summed E-state index contributed by atoms with van der Waals surface area (Å²) in [4.78, 5) is 69.8. The fourth-order valence-corrected chi connectivity index (χ4v) is 7.14. The molecule has 23 heteroatoms. The molecule has 0 saturated carbocycles. The standard InChI is InChI=1S/2C18H17FN4O3.C18H18N4O3/c1-11(2)17-21-3-4-23(17)18-12(7-20-10-22-18)9-26-16-6-13(19)5-15(25)14(16)8-24;1-11(2)16-20-6-7-23(16)17-12(8-21-18(19)22-17)10-26-15-5-3-4-14(25)13(15)9-24;1-12(2)17-20-6-7-22(17)18-13(8-19-11-21-18)10-25-16-5-3-4-15(24)14(16)9-23/h3-8,10-11,25H,9H2,1-2H3;3-9,11,25H,10H2,1-2H3;3-9,11-12,24H,10H2,1-2H3/i9D2;2*10D2. The molecule has 9 rings (SSSR count). The van der Waals surface area contributed by atoms with Crippen LogP contribution in [0.5, 0.6) is 34.5 Å². The number of halogens is 2. The molecule has 0 aliphatic carbocycles. The monoisotopic (exact) mass is 1060 g/mol. The Balaban J connectivity index is 0.000000179. The molecule has 0 amide bonds. The van der Waals surface area contributed by atoms with Crippen molar-refractivity contribution >= 4 is 18.9 Å². The Bertz CT molecular complexity index is 3790. The minimum atomic E-state index is -2.55. The molecule has 0 radical (unpaired) electrons. The van der Waals surface area contributed by atoms with Crippen LogP contribution >= 0.6 is 0 Å². The number of hydrogen-bond acceptors (Lipinski definition) is 18. The number of aromatic hydroxyl groups is 3. The van der Waals surface area contributed by atoms with Gasteiger partial charge in [0.25, 0.3) is 0 Å². The SMILES string of the molecule is [2H]C([2H])(Oc1cc(F)cc(O)c1C=O)c1cncnc1-n1ccnc1C(C)C.[2H]C([2H])(Oc1cccc(O)c1C=O)c1cnc(F)nc1-n1ccnc1C(C)C.[2H]C([2H])(Oc1cccc(O)c1C=O)c1cncnc1-n1ccnc1C(C)C. The van der Waals surface area contributed by atoms with Crippen molar-refractivity contribution in [2.75, 3.05) is 0 Å². The van der Waals surface area contributed by atoms with Gasteiger partial charge in [0.1, 0.15) is 102 Å². The normalized spacial score (nSPS) is 12.6. The number of hydrogen-bond donors (Lipinski definition) is 3. The summed E-state index contributed by atoms with van der Waals surface area (Å²) in [6, 6.07) is 9.77. The van der Waals surface area contributed by atoms with Gasteiger partial charge in [-0.1, -0.05) is 53.7 Å².